The summed E-state index contributed by atoms with van der Waals surface area (Å²) in [7, 11) is 0. The van der Waals surface area contributed by atoms with Crippen LogP contribution >= 0.6 is 0 Å². The summed E-state index contributed by atoms with van der Waals surface area (Å²) in [4.78, 5) is 25.0. The first-order valence-electron chi connectivity index (χ1n) is 9.33. The molecule has 2 N–H and O–H groups in total. The van der Waals surface area contributed by atoms with E-state index < -0.39 is 0 Å². The normalized spacial score (nSPS) is 15.5. The van der Waals surface area contributed by atoms with Gasteiger partial charge in [0.1, 0.15) is 11.3 Å². The highest BCUT2D eigenvalue weighted by molar-refractivity contribution is 6.05. The van der Waals surface area contributed by atoms with Gasteiger partial charge in [0.15, 0.2) is 0 Å². The van der Waals surface area contributed by atoms with Gasteiger partial charge in [-0.1, -0.05) is 29.4 Å². The summed E-state index contributed by atoms with van der Waals surface area (Å²) in [6, 6.07) is 15.2. The SMILES string of the molecule is Cc1oncc1C(=O)Nc1ccc(NC(=O)C2CCCc3ccccc32)cc1. The summed E-state index contributed by atoms with van der Waals surface area (Å²) >= 11 is 0. The van der Waals surface area contributed by atoms with E-state index in [1.807, 2.05) is 18.2 Å². The fourth-order valence-corrected chi connectivity index (χ4v) is 3.61. The molecule has 1 heterocycles. The van der Waals surface area contributed by atoms with Crippen LogP contribution in [0.3, 0.4) is 0 Å². The summed E-state index contributed by atoms with van der Waals surface area (Å²) in [5.74, 6) is 0.0634. The molecule has 0 bridgehead atoms. The standard InChI is InChI=1S/C22H21N3O3/c1-14-20(13-23-28-14)22(27)25-17-11-9-16(10-12-17)24-21(26)19-8-4-6-15-5-2-3-7-18(15)19/h2-3,5,7,9-13,19H,4,6,8H2,1H3,(H,24,26)(H,25,27). The van der Waals surface area contributed by atoms with Crippen molar-refractivity contribution in [3.05, 3.63) is 77.2 Å². The molecule has 6 heteroatoms. The summed E-state index contributed by atoms with van der Waals surface area (Å²) in [5, 5.41) is 9.39. The molecule has 28 heavy (non-hydrogen) atoms. The number of anilines is 2. The highest BCUT2D eigenvalue weighted by Crippen LogP contribution is 2.32. The van der Waals surface area contributed by atoms with Crippen LogP contribution in [0.5, 0.6) is 0 Å². The molecule has 142 valence electrons. The number of hydrogen-bond acceptors (Lipinski definition) is 4. The Morgan fingerprint density at radius 3 is 2.46 bits per heavy atom. The number of rotatable bonds is 4. The maximum absolute atomic E-state index is 12.8. The number of hydrogen-bond donors (Lipinski definition) is 2. The van der Waals surface area contributed by atoms with Gasteiger partial charge in [-0.25, -0.2) is 0 Å². The minimum absolute atomic E-state index is 0.00373. The van der Waals surface area contributed by atoms with Gasteiger partial charge in [-0.15, -0.1) is 0 Å². The number of carbonyl (C=O) groups is 2. The van der Waals surface area contributed by atoms with Gasteiger partial charge >= 0.3 is 0 Å². The van der Waals surface area contributed by atoms with Crippen molar-refractivity contribution in [2.24, 2.45) is 0 Å². The van der Waals surface area contributed by atoms with E-state index in [-0.39, 0.29) is 17.7 Å². The van der Waals surface area contributed by atoms with Crippen LogP contribution in [0.4, 0.5) is 11.4 Å². The molecule has 1 aliphatic carbocycles. The van der Waals surface area contributed by atoms with Crippen molar-refractivity contribution in [3.8, 4) is 0 Å². The van der Waals surface area contributed by atoms with Crippen molar-refractivity contribution < 1.29 is 14.1 Å². The molecule has 0 fully saturated rings. The van der Waals surface area contributed by atoms with Crippen molar-refractivity contribution in [1.82, 2.24) is 5.16 Å². The first-order valence-corrected chi connectivity index (χ1v) is 9.33. The van der Waals surface area contributed by atoms with E-state index in [1.54, 1.807) is 31.2 Å². The summed E-state index contributed by atoms with van der Waals surface area (Å²) in [6.07, 6.45) is 4.29. The van der Waals surface area contributed by atoms with E-state index in [2.05, 4.69) is 21.9 Å². The maximum atomic E-state index is 12.8. The predicted molar refractivity (Wildman–Crippen MR) is 106 cm³/mol. The zero-order chi connectivity index (χ0) is 19.5. The number of aromatic nitrogens is 1. The van der Waals surface area contributed by atoms with Gasteiger partial charge in [0.25, 0.3) is 5.91 Å². The Labute approximate surface area is 162 Å². The van der Waals surface area contributed by atoms with E-state index in [0.717, 1.165) is 24.8 Å². The maximum Gasteiger partial charge on any atom is 0.260 e. The van der Waals surface area contributed by atoms with Gasteiger partial charge in [0.05, 0.1) is 12.1 Å². The average Bonchev–Trinajstić information content (AvgIpc) is 3.15. The molecular formula is C22H21N3O3. The van der Waals surface area contributed by atoms with Crippen molar-refractivity contribution in [2.45, 2.75) is 32.1 Å². The smallest absolute Gasteiger partial charge is 0.260 e. The fourth-order valence-electron chi connectivity index (χ4n) is 3.61. The van der Waals surface area contributed by atoms with Crippen LogP contribution in [-0.4, -0.2) is 17.0 Å². The Hall–Kier alpha value is -3.41. The predicted octanol–water partition coefficient (Wildman–Crippen LogP) is 4.29. The molecule has 0 spiro atoms. The highest BCUT2D eigenvalue weighted by atomic mass is 16.5. The third-order valence-electron chi connectivity index (χ3n) is 5.09. The lowest BCUT2D eigenvalue weighted by atomic mass is 9.82. The minimum Gasteiger partial charge on any atom is -0.361 e. The third kappa shape index (κ3) is 3.67. The van der Waals surface area contributed by atoms with Crippen molar-refractivity contribution in [3.63, 3.8) is 0 Å². The molecule has 2 aromatic carbocycles. The highest BCUT2D eigenvalue weighted by Gasteiger charge is 2.26. The van der Waals surface area contributed by atoms with Crippen LogP contribution in [0.1, 0.15) is 46.0 Å². The van der Waals surface area contributed by atoms with E-state index in [4.69, 9.17) is 4.52 Å². The topological polar surface area (TPSA) is 84.2 Å². The minimum atomic E-state index is -0.283. The van der Waals surface area contributed by atoms with Crippen LogP contribution in [0.2, 0.25) is 0 Å². The molecule has 0 radical (unpaired) electrons. The van der Waals surface area contributed by atoms with Crippen LogP contribution in [0, 0.1) is 6.92 Å². The number of amides is 2. The number of nitrogens with one attached hydrogen (secondary N) is 2. The summed E-state index contributed by atoms with van der Waals surface area (Å²) in [6.45, 7) is 1.68. The fraction of sp³-hybridized carbons (Fsp3) is 0.227. The van der Waals surface area contributed by atoms with E-state index in [1.165, 1.54) is 11.8 Å². The molecule has 3 aromatic rings. The van der Waals surface area contributed by atoms with Crippen molar-refractivity contribution in [2.75, 3.05) is 10.6 Å². The molecule has 0 saturated heterocycles. The molecular weight excluding hydrogens is 354 g/mol. The Kier molecular flexibility index (Phi) is 4.93. The number of aryl methyl sites for hydroxylation is 2. The second kappa shape index (κ2) is 7.68. The monoisotopic (exact) mass is 375 g/mol. The number of nitrogens with zero attached hydrogens (tertiary/aromatic N) is 1. The second-order valence-corrected chi connectivity index (χ2v) is 6.96. The van der Waals surface area contributed by atoms with E-state index in [9.17, 15) is 9.59 Å². The Balaban J connectivity index is 1.42. The summed E-state index contributed by atoms with van der Waals surface area (Å²) in [5.41, 5.74) is 4.11. The number of fused-ring (bicyclic) bond motifs is 1. The Morgan fingerprint density at radius 1 is 1.04 bits per heavy atom. The molecule has 0 aliphatic heterocycles. The van der Waals surface area contributed by atoms with E-state index >= 15 is 0 Å². The summed E-state index contributed by atoms with van der Waals surface area (Å²) < 4.78 is 4.91. The molecule has 4 rings (SSSR count). The van der Waals surface area contributed by atoms with Crippen molar-refractivity contribution in [1.29, 1.82) is 0 Å². The van der Waals surface area contributed by atoms with Crippen molar-refractivity contribution >= 4 is 23.2 Å². The zero-order valence-corrected chi connectivity index (χ0v) is 15.6. The van der Waals surface area contributed by atoms with Gasteiger partial charge in [-0.05, 0) is 61.6 Å². The molecule has 2 amide bonds. The number of benzene rings is 2. The van der Waals surface area contributed by atoms with Gasteiger partial charge in [0, 0.05) is 11.4 Å². The molecule has 6 nitrogen and oxygen atoms in total. The van der Waals surface area contributed by atoms with Crippen LogP contribution in [0.25, 0.3) is 0 Å². The second-order valence-electron chi connectivity index (χ2n) is 6.96. The molecule has 1 aromatic heterocycles. The van der Waals surface area contributed by atoms with Gasteiger partial charge in [0.2, 0.25) is 5.91 Å². The first-order chi connectivity index (χ1) is 13.6. The van der Waals surface area contributed by atoms with Gasteiger partial charge in [-0.2, -0.15) is 0 Å². The largest absolute Gasteiger partial charge is 0.361 e. The van der Waals surface area contributed by atoms with Crippen LogP contribution < -0.4 is 10.6 Å². The molecule has 1 unspecified atom stereocenters. The van der Waals surface area contributed by atoms with Gasteiger partial charge in [-0.3, -0.25) is 9.59 Å². The van der Waals surface area contributed by atoms with Crippen LogP contribution in [0.15, 0.2) is 59.3 Å². The lowest BCUT2D eigenvalue weighted by Crippen LogP contribution is -2.24. The Bertz CT molecular complexity index is 1010. The average molecular weight is 375 g/mol. The molecule has 1 atom stereocenters. The molecule has 0 saturated carbocycles. The van der Waals surface area contributed by atoms with E-state index in [0.29, 0.717) is 22.7 Å². The van der Waals surface area contributed by atoms with Crippen LogP contribution in [-0.2, 0) is 11.2 Å². The zero-order valence-electron chi connectivity index (χ0n) is 15.6. The Morgan fingerprint density at radius 2 is 1.75 bits per heavy atom. The lowest BCUT2D eigenvalue weighted by molar-refractivity contribution is -0.117. The third-order valence-corrected chi connectivity index (χ3v) is 5.09. The molecule has 1 aliphatic rings. The lowest BCUT2D eigenvalue weighted by Gasteiger charge is -2.24. The van der Waals surface area contributed by atoms with Gasteiger partial charge < -0.3 is 15.2 Å². The number of carbonyl (C=O) groups excluding carboxylic acids is 2. The first kappa shape index (κ1) is 18.0. The quantitative estimate of drug-likeness (QED) is 0.712.